The van der Waals surface area contributed by atoms with Gasteiger partial charge in [-0.15, -0.1) is 0 Å². The van der Waals surface area contributed by atoms with Crippen LogP contribution in [0.4, 0.5) is 11.4 Å². The molecule has 0 saturated heterocycles. The zero-order valence-corrected chi connectivity index (χ0v) is 10.4. The summed E-state index contributed by atoms with van der Waals surface area (Å²) in [5.41, 5.74) is 1.89. The van der Waals surface area contributed by atoms with E-state index >= 15 is 0 Å². The molecule has 0 saturated carbocycles. The lowest BCUT2D eigenvalue weighted by Gasteiger charge is -2.19. The maximum absolute atomic E-state index is 10.7. The summed E-state index contributed by atoms with van der Waals surface area (Å²) >= 11 is 0. The monoisotopic (exact) mass is 220 g/mol. The Labute approximate surface area is 97.5 Å². The molecule has 0 radical (unpaired) electrons. The molecular formula is C13H20N2O. The SMILES string of the molecule is CN(C)c1ccc(NCC(C)(C)C=O)cc1. The zero-order valence-electron chi connectivity index (χ0n) is 10.4. The molecule has 0 unspecified atom stereocenters. The Kier molecular flexibility index (Phi) is 3.93. The predicted octanol–water partition coefficient (Wildman–Crippen LogP) is 2.39. The molecule has 0 aromatic heterocycles. The summed E-state index contributed by atoms with van der Waals surface area (Å²) < 4.78 is 0. The minimum absolute atomic E-state index is 0.319. The average molecular weight is 220 g/mol. The third-order valence-corrected chi connectivity index (χ3v) is 2.45. The smallest absolute Gasteiger partial charge is 0.127 e. The molecule has 0 spiro atoms. The van der Waals surface area contributed by atoms with Crippen LogP contribution < -0.4 is 10.2 Å². The fraction of sp³-hybridized carbons (Fsp3) is 0.462. The molecule has 1 N–H and O–H groups in total. The van der Waals surface area contributed by atoms with Crippen LogP contribution >= 0.6 is 0 Å². The highest BCUT2D eigenvalue weighted by molar-refractivity contribution is 5.60. The first-order valence-corrected chi connectivity index (χ1v) is 5.42. The van der Waals surface area contributed by atoms with Crippen LogP contribution in [0.25, 0.3) is 0 Å². The third-order valence-electron chi connectivity index (χ3n) is 2.45. The van der Waals surface area contributed by atoms with E-state index < -0.39 is 0 Å². The van der Waals surface area contributed by atoms with E-state index in [4.69, 9.17) is 0 Å². The Balaban J connectivity index is 2.59. The molecule has 0 fully saturated rings. The largest absolute Gasteiger partial charge is 0.384 e. The third kappa shape index (κ3) is 3.57. The van der Waals surface area contributed by atoms with Gasteiger partial charge in [0.1, 0.15) is 6.29 Å². The van der Waals surface area contributed by atoms with E-state index in [0.29, 0.717) is 6.54 Å². The summed E-state index contributed by atoms with van der Waals surface area (Å²) in [5, 5.41) is 3.25. The van der Waals surface area contributed by atoms with Crippen molar-refractivity contribution in [3.63, 3.8) is 0 Å². The van der Waals surface area contributed by atoms with Crippen molar-refractivity contribution in [2.24, 2.45) is 5.41 Å². The van der Waals surface area contributed by atoms with Gasteiger partial charge in [-0.05, 0) is 24.3 Å². The first-order valence-electron chi connectivity index (χ1n) is 5.42. The molecule has 0 aliphatic heterocycles. The van der Waals surface area contributed by atoms with E-state index in [9.17, 15) is 4.79 Å². The van der Waals surface area contributed by atoms with E-state index in [-0.39, 0.29) is 5.41 Å². The highest BCUT2D eigenvalue weighted by Crippen LogP contribution is 2.17. The number of carbonyl (C=O) groups excluding carboxylic acids is 1. The molecule has 3 heteroatoms. The maximum atomic E-state index is 10.7. The molecule has 1 aromatic rings. The Hall–Kier alpha value is -1.51. The normalized spacial score (nSPS) is 11.0. The quantitative estimate of drug-likeness (QED) is 0.773. The van der Waals surface area contributed by atoms with Gasteiger partial charge in [0.2, 0.25) is 0 Å². The summed E-state index contributed by atoms with van der Waals surface area (Å²) in [5.74, 6) is 0. The van der Waals surface area contributed by atoms with Crippen molar-refractivity contribution in [1.29, 1.82) is 0 Å². The van der Waals surface area contributed by atoms with Gasteiger partial charge in [0, 0.05) is 37.4 Å². The lowest BCUT2D eigenvalue weighted by molar-refractivity contribution is -0.114. The highest BCUT2D eigenvalue weighted by Gasteiger charge is 2.15. The number of hydrogen-bond acceptors (Lipinski definition) is 3. The summed E-state index contributed by atoms with van der Waals surface area (Å²) in [7, 11) is 4.02. The summed E-state index contributed by atoms with van der Waals surface area (Å²) in [6.07, 6.45) is 0.980. The molecule has 0 bridgehead atoms. The lowest BCUT2D eigenvalue weighted by Crippen LogP contribution is -2.24. The second-order valence-electron chi connectivity index (χ2n) is 4.90. The highest BCUT2D eigenvalue weighted by atomic mass is 16.1. The van der Waals surface area contributed by atoms with Crippen LogP contribution in [0.15, 0.2) is 24.3 Å². The number of nitrogens with one attached hydrogen (secondary N) is 1. The summed E-state index contributed by atoms with van der Waals surface area (Å²) in [6.45, 7) is 4.49. The van der Waals surface area contributed by atoms with Crippen LogP contribution in [0.5, 0.6) is 0 Å². The van der Waals surface area contributed by atoms with Crippen LogP contribution in [0.2, 0.25) is 0 Å². The molecule has 0 atom stereocenters. The summed E-state index contributed by atoms with van der Waals surface area (Å²) in [4.78, 5) is 12.8. The van der Waals surface area contributed by atoms with E-state index in [0.717, 1.165) is 12.0 Å². The number of aldehydes is 1. The van der Waals surface area contributed by atoms with E-state index in [1.807, 2.05) is 40.1 Å². The first-order chi connectivity index (χ1) is 7.44. The standard InChI is InChI=1S/C13H20N2O/c1-13(2,10-16)9-14-11-5-7-12(8-6-11)15(3)4/h5-8,10,14H,9H2,1-4H3. The van der Waals surface area contributed by atoms with E-state index in [2.05, 4.69) is 22.3 Å². The van der Waals surface area contributed by atoms with Crippen LogP contribution in [-0.4, -0.2) is 26.9 Å². The number of carbonyl (C=O) groups is 1. The number of rotatable bonds is 5. The van der Waals surface area contributed by atoms with Crippen molar-refractivity contribution < 1.29 is 4.79 Å². The zero-order chi connectivity index (χ0) is 12.2. The van der Waals surface area contributed by atoms with Crippen molar-refractivity contribution >= 4 is 17.7 Å². The molecular weight excluding hydrogens is 200 g/mol. The minimum atomic E-state index is -0.319. The van der Waals surface area contributed by atoms with Crippen LogP contribution in [0, 0.1) is 5.41 Å². The van der Waals surface area contributed by atoms with Crippen molar-refractivity contribution in [2.75, 3.05) is 30.9 Å². The maximum Gasteiger partial charge on any atom is 0.127 e. The molecule has 0 heterocycles. The number of hydrogen-bond donors (Lipinski definition) is 1. The van der Waals surface area contributed by atoms with E-state index in [1.165, 1.54) is 5.69 Å². The topological polar surface area (TPSA) is 32.3 Å². The fourth-order valence-electron chi connectivity index (χ4n) is 1.25. The Bertz CT molecular complexity index is 341. The molecule has 16 heavy (non-hydrogen) atoms. The Morgan fingerprint density at radius 1 is 1.25 bits per heavy atom. The number of anilines is 2. The van der Waals surface area contributed by atoms with Crippen molar-refractivity contribution in [2.45, 2.75) is 13.8 Å². The van der Waals surface area contributed by atoms with Gasteiger partial charge in [-0.3, -0.25) is 0 Å². The van der Waals surface area contributed by atoms with Crippen LogP contribution in [0.1, 0.15) is 13.8 Å². The Morgan fingerprint density at radius 2 is 1.81 bits per heavy atom. The Morgan fingerprint density at radius 3 is 2.25 bits per heavy atom. The molecule has 0 amide bonds. The van der Waals surface area contributed by atoms with Gasteiger partial charge < -0.3 is 15.0 Å². The van der Waals surface area contributed by atoms with Gasteiger partial charge >= 0.3 is 0 Å². The van der Waals surface area contributed by atoms with Gasteiger partial charge in [0.05, 0.1) is 0 Å². The van der Waals surface area contributed by atoms with Gasteiger partial charge in [0.25, 0.3) is 0 Å². The van der Waals surface area contributed by atoms with Crippen molar-refractivity contribution in [3.05, 3.63) is 24.3 Å². The minimum Gasteiger partial charge on any atom is -0.384 e. The second kappa shape index (κ2) is 5.01. The van der Waals surface area contributed by atoms with Gasteiger partial charge in [-0.25, -0.2) is 0 Å². The molecule has 0 aliphatic rings. The molecule has 3 nitrogen and oxygen atoms in total. The van der Waals surface area contributed by atoms with E-state index in [1.54, 1.807) is 0 Å². The fourth-order valence-corrected chi connectivity index (χ4v) is 1.25. The molecule has 0 aliphatic carbocycles. The predicted molar refractivity (Wildman–Crippen MR) is 69.1 cm³/mol. The molecule has 88 valence electrons. The second-order valence-corrected chi connectivity index (χ2v) is 4.90. The first kappa shape index (κ1) is 12.6. The van der Waals surface area contributed by atoms with Gasteiger partial charge in [0.15, 0.2) is 0 Å². The average Bonchev–Trinajstić information content (AvgIpc) is 2.27. The van der Waals surface area contributed by atoms with Gasteiger partial charge in [-0.1, -0.05) is 13.8 Å². The van der Waals surface area contributed by atoms with Gasteiger partial charge in [-0.2, -0.15) is 0 Å². The number of nitrogens with zero attached hydrogens (tertiary/aromatic N) is 1. The summed E-state index contributed by atoms with van der Waals surface area (Å²) in [6, 6.07) is 8.15. The molecule has 1 rings (SSSR count). The lowest BCUT2D eigenvalue weighted by atomic mass is 9.96. The molecule has 1 aromatic carbocycles. The van der Waals surface area contributed by atoms with Crippen molar-refractivity contribution in [3.8, 4) is 0 Å². The van der Waals surface area contributed by atoms with Crippen LogP contribution in [-0.2, 0) is 4.79 Å². The van der Waals surface area contributed by atoms with Crippen molar-refractivity contribution in [1.82, 2.24) is 0 Å². The number of benzene rings is 1. The van der Waals surface area contributed by atoms with Crippen LogP contribution in [0.3, 0.4) is 0 Å².